The summed E-state index contributed by atoms with van der Waals surface area (Å²) in [5.41, 5.74) is 4.77. The number of benzene rings is 2. The van der Waals surface area contributed by atoms with E-state index < -0.39 is 46.1 Å². The molecule has 0 unspecified atom stereocenters. The summed E-state index contributed by atoms with van der Waals surface area (Å²) in [5.74, 6) is -2.24. The van der Waals surface area contributed by atoms with Crippen molar-refractivity contribution in [2.24, 2.45) is 10.1 Å². The summed E-state index contributed by atoms with van der Waals surface area (Å²) in [4.78, 5) is 25.1. The maximum absolute atomic E-state index is 14.2. The Labute approximate surface area is 237 Å². The van der Waals surface area contributed by atoms with Gasteiger partial charge in [-0.1, -0.05) is 43.5 Å². The summed E-state index contributed by atoms with van der Waals surface area (Å²) in [6, 6.07) is 8.24. The zero-order valence-corrected chi connectivity index (χ0v) is 20.7. The first-order chi connectivity index (χ1) is 17.0. The number of anilines is 1. The van der Waals surface area contributed by atoms with Crippen LogP contribution in [-0.4, -0.2) is 67.9 Å². The number of carbonyl (C=O) groups excluding carboxylic acids is 2. The van der Waals surface area contributed by atoms with Gasteiger partial charge in [-0.2, -0.15) is 0 Å². The molecule has 2 aromatic rings. The average Bonchev–Trinajstić information content (AvgIpc) is 2.81. The van der Waals surface area contributed by atoms with Crippen molar-refractivity contribution in [2.75, 3.05) is 11.9 Å². The Morgan fingerprint density at radius 3 is 2.46 bits per heavy atom. The number of hydrogen-bond acceptors (Lipinski definition) is 8. The van der Waals surface area contributed by atoms with Crippen LogP contribution in [0.2, 0.25) is 0 Å². The van der Waals surface area contributed by atoms with Crippen LogP contribution in [0.5, 0.6) is 5.75 Å². The normalized spacial score (nSPS) is 18.0. The zero-order valence-electron chi connectivity index (χ0n) is 19.9. The molecule has 1 aliphatic heterocycles. The number of fused-ring (bicyclic) bond motifs is 2. The molecular weight excluding hydrogens is 512 g/mol. The fourth-order valence-electron chi connectivity index (χ4n) is 4.94. The third-order valence-corrected chi connectivity index (χ3v) is 7.71. The van der Waals surface area contributed by atoms with Gasteiger partial charge in [0, 0.05) is 11.6 Å². The van der Waals surface area contributed by atoms with Gasteiger partial charge >= 0.3 is 29.6 Å². The molecule has 2 aromatic carbocycles. The van der Waals surface area contributed by atoms with Gasteiger partial charge in [-0.15, -0.1) is 4.40 Å². The van der Waals surface area contributed by atoms with Gasteiger partial charge in [0.1, 0.15) is 27.8 Å². The first-order valence-corrected chi connectivity index (χ1v) is 13.0. The molecule has 9 nitrogen and oxygen atoms in total. The number of aliphatic hydroxyl groups excluding tert-OH is 1. The van der Waals surface area contributed by atoms with E-state index in [9.17, 15) is 28.2 Å². The quantitative estimate of drug-likeness (QED) is 0.313. The molecule has 0 saturated carbocycles. The topological polar surface area (TPSA) is 154 Å². The number of aliphatic hydroxyl groups is 1. The molecular formula is C25H29FN3NaO6S. The van der Waals surface area contributed by atoms with Crippen LogP contribution in [-0.2, 0) is 15.0 Å². The SMILES string of the molecule is CCCC1(CCC)C(=O)C(C2=NS(O)(O)c3cc(OCC(N)=O)ccc3N2)=C(O)c2cc(F)ccc21.[NaH]. The minimum absolute atomic E-state index is 0. The predicted molar refractivity (Wildman–Crippen MR) is 143 cm³/mol. The maximum atomic E-state index is 14.2. The van der Waals surface area contributed by atoms with Gasteiger partial charge in [-0.05, 0) is 42.7 Å². The standard InChI is InChI=1S/C25H28FN3O6S.Na.H/c1-3-9-25(10-4-2)17-7-5-14(26)11-16(17)22(31)21(23(25)32)24-28-18-8-6-15(35-13-20(27)30)12-19(18)36(33,34)29-24;;/h5-8,11-12,31,33-34H,3-4,9-10,13H2,1-2H3,(H2,27,30)(H,28,29);;. The van der Waals surface area contributed by atoms with Gasteiger partial charge < -0.3 is 20.9 Å². The summed E-state index contributed by atoms with van der Waals surface area (Å²) < 4.78 is 45.2. The molecule has 2 aliphatic rings. The Balaban J connectivity index is 0.00000380. The zero-order chi connectivity index (χ0) is 26.3. The van der Waals surface area contributed by atoms with Gasteiger partial charge in [0.2, 0.25) is 0 Å². The molecule has 0 atom stereocenters. The number of primary amides is 1. The van der Waals surface area contributed by atoms with E-state index in [1.807, 2.05) is 13.8 Å². The Kier molecular flexibility index (Phi) is 8.78. The van der Waals surface area contributed by atoms with Crippen LogP contribution < -0.4 is 15.8 Å². The van der Waals surface area contributed by atoms with Crippen LogP contribution >= 0.6 is 10.8 Å². The van der Waals surface area contributed by atoms with Crippen LogP contribution in [0.25, 0.3) is 5.76 Å². The first kappa shape index (κ1) is 29.2. The van der Waals surface area contributed by atoms with E-state index in [1.165, 1.54) is 36.4 Å². The second-order valence-corrected chi connectivity index (χ2v) is 10.5. The second kappa shape index (κ2) is 11.1. The number of Topliss-reactive ketones (excluding diaryl/α,β-unsaturated/α-hetero) is 1. The number of halogens is 1. The van der Waals surface area contributed by atoms with Crippen molar-refractivity contribution in [3.05, 3.63) is 58.9 Å². The van der Waals surface area contributed by atoms with E-state index in [1.54, 1.807) is 0 Å². The minimum atomic E-state index is -3.84. The van der Waals surface area contributed by atoms with Crippen LogP contribution in [0, 0.1) is 5.82 Å². The van der Waals surface area contributed by atoms with E-state index in [-0.39, 0.29) is 62.9 Å². The number of carbonyl (C=O) groups is 2. The predicted octanol–water partition coefficient (Wildman–Crippen LogP) is 4.28. The summed E-state index contributed by atoms with van der Waals surface area (Å²) in [6.45, 7) is 3.47. The van der Waals surface area contributed by atoms with E-state index >= 15 is 0 Å². The molecule has 0 bridgehead atoms. The average molecular weight is 542 g/mol. The number of nitrogens with zero attached hydrogens (tertiary/aromatic N) is 1. The third kappa shape index (κ3) is 5.29. The second-order valence-electron chi connectivity index (χ2n) is 8.82. The molecule has 37 heavy (non-hydrogen) atoms. The Bertz CT molecular complexity index is 1310. The number of hydrogen-bond donors (Lipinski definition) is 5. The molecule has 0 fully saturated rings. The Hall–Kier alpha value is -2.41. The summed E-state index contributed by atoms with van der Waals surface area (Å²) >= 11 is 0. The van der Waals surface area contributed by atoms with Crippen molar-refractivity contribution in [3.8, 4) is 5.75 Å². The summed E-state index contributed by atoms with van der Waals surface area (Å²) in [5, 5.41) is 14.1. The van der Waals surface area contributed by atoms with Crippen LogP contribution in [0.1, 0.15) is 50.7 Å². The van der Waals surface area contributed by atoms with E-state index in [2.05, 4.69) is 9.71 Å². The summed E-state index contributed by atoms with van der Waals surface area (Å²) in [6.07, 6.45) is 2.22. The number of nitrogens with one attached hydrogen (secondary N) is 1. The molecule has 194 valence electrons. The van der Waals surface area contributed by atoms with E-state index in [4.69, 9.17) is 10.5 Å². The molecule has 4 rings (SSSR count). The Morgan fingerprint density at radius 2 is 1.84 bits per heavy atom. The van der Waals surface area contributed by atoms with E-state index in [0.717, 1.165) is 0 Å². The van der Waals surface area contributed by atoms with Gasteiger partial charge in [0.15, 0.2) is 18.2 Å². The van der Waals surface area contributed by atoms with Gasteiger partial charge in [0.05, 0.1) is 11.1 Å². The van der Waals surface area contributed by atoms with Crippen molar-refractivity contribution >= 4 is 69.3 Å². The Morgan fingerprint density at radius 1 is 1.16 bits per heavy atom. The fourth-order valence-corrected chi connectivity index (χ4v) is 6.12. The van der Waals surface area contributed by atoms with Crippen molar-refractivity contribution in [3.63, 3.8) is 0 Å². The molecule has 1 amide bonds. The molecule has 1 heterocycles. The van der Waals surface area contributed by atoms with Crippen molar-refractivity contribution in [1.29, 1.82) is 0 Å². The molecule has 12 heteroatoms. The monoisotopic (exact) mass is 541 g/mol. The molecule has 0 saturated heterocycles. The number of amides is 1. The van der Waals surface area contributed by atoms with Crippen LogP contribution in [0.3, 0.4) is 0 Å². The summed E-state index contributed by atoms with van der Waals surface area (Å²) in [7, 11) is -3.84. The fraction of sp³-hybridized carbons (Fsp3) is 0.320. The van der Waals surface area contributed by atoms with Crippen molar-refractivity contribution in [1.82, 2.24) is 0 Å². The van der Waals surface area contributed by atoms with Crippen molar-refractivity contribution in [2.45, 2.75) is 49.8 Å². The molecule has 6 N–H and O–H groups in total. The van der Waals surface area contributed by atoms with Crippen molar-refractivity contribution < 1.29 is 32.9 Å². The van der Waals surface area contributed by atoms with E-state index in [0.29, 0.717) is 31.2 Å². The van der Waals surface area contributed by atoms with Crippen LogP contribution in [0.4, 0.5) is 10.1 Å². The van der Waals surface area contributed by atoms with Gasteiger partial charge in [-0.25, -0.2) is 4.39 Å². The molecule has 0 radical (unpaired) electrons. The third-order valence-electron chi connectivity index (χ3n) is 6.34. The number of ketones is 1. The number of ether oxygens (including phenoxy) is 1. The van der Waals surface area contributed by atoms with Gasteiger partial charge in [0.25, 0.3) is 5.91 Å². The number of rotatable bonds is 8. The van der Waals surface area contributed by atoms with Crippen LogP contribution in [0.15, 0.2) is 51.3 Å². The number of amidine groups is 1. The molecule has 0 spiro atoms. The number of nitrogens with two attached hydrogens (primary N) is 1. The molecule has 1 aliphatic carbocycles. The van der Waals surface area contributed by atoms with Gasteiger partial charge in [-0.3, -0.25) is 18.7 Å². The first-order valence-electron chi connectivity index (χ1n) is 11.5. The molecule has 0 aromatic heterocycles.